The fourth-order valence-corrected chi connectivity index (χ4v) is 1.22. The number of alkyl carbamates (subject to hydrolysis) is 1. The molecule has 0 saturated carbocycles. The average Bonchev–Trinajstić information content (AvgIpc) is 2.00. The molecule has 1 N–H and O–H groups in total. The van der Waals surface area contributed by atoms with Crippen molar-refractivity contribution in [2.24, 2.45) is 0 Å². The Bertz CT molecular complexity index is 181. The monoisotopic (exact) mass is 217 g/mol. The van der Waals surface area contributed by atoms with Crippen molar-refractivity contribution in [3.05, 3.63) is 0 Å². The Kier molecular flexibility index (Phi) is 6.32. The molecule has 1 atom stereocenters. The molecule has 4 nitrogen and oxygen atoms in total. The Morgan fingerprint density at radius 1 is 1.40 bits per heavy atom. The fourth-order valence-electron chi connectivity index (χ4n) is 1.22. The second kappa shape index (κ2) is 6.67. The van der Waals surface area contributed by atoms with Crippen molar-refractivity contribution in [1.82, 2.24) is 5.32 Å². The number of amides is 1. The largest absolute Gasteiger partial charge is 0.444 e. The van der Waals surface area contributed by atoms with E-state index >= 15 is 0 Å². The van der Waals surface area contributed by atoms with E-state index in [4.69, 9.17) is 9.47 Å². The Hall–Kier alpha value is -0.770. The molecule has 15 heavy (non-hydrogen) atoms. The molecule has 0 fully saturated rings. The van der Waals surface area contributed by atoms with Crippen LogP contribution in [0.25, 0.3) is 0 Å². The van der Waals surface area contributed by atoms with Crippen LogP contribution in [-0.4, -0.2) is 31.5 Å². The van der Waals surface area contributed by atoms with Crippen molar-refractivity contribution in [2.75, 3.05) is 13.7 Å². The molecule has 0 saturated heterocycles. The lowest BCUT2D eigenvalue weighted by Gasteiger charge is -2.23. The third-order valence-corrected chi connectivity index (χ3v) is 1.73. The lowest BCUT2D eigenvalue weighted by atomic mass is 10.2. The first-order valence-corrected chi connectivity index (χ1v) is 5.37. The van der Waals surface area contributed by atoms with Crippen LogP contribution in [0, 0.1) is 0 Å². The Morgan fingerprint density at radius 3 is 2.40 bits per heavy atom. The lowest BCUT2D eigenvalue weighted by molar-refractivity contribution is 0.0464. The number of carbonyl (C=O) groups excluding carboxylic acids is 1. The summed E-state index contributed by atoms with van der Waals surface area (Å²) >= 11 is 0. The SMILES string of the molecule is CCCC(COC)NC(=O)OC(C)(C)C. The maximum absolute atomic E-state index is 11.4. The van der Waals surface area contributed by atoms with Crippen molar-refractivity contribution in [3.8, 4) is 0 Å². The molecule has 0 rings (SSSR count). The summed E-state index contributed by atoms with van der Waals surface area (Å²) in [6.45, 7) is 8.12. The van der Waals surface area contributed by atoms with Crippen molar-refractivity contribution in [1.29, 1.82) is 0 Å². The van der Waals surface area contributed by atoms with Gasteiger partial charge in [0.25, 0.3) is 0 Å². The summed E-state index contributed by atoms with van der Waals surface area (Å²) in [6.07, 6.45) is 1.52. The highest BCUT2D eigenvalue weighted by Crippen LogP contribution is 2.07. The average molecular weight is 217 g/mol. The summed E-state index contributed by atoms with van der Waals surface area (Å²) in [7, 11) is 1.62. The van der Waals surface area contributed by atoms with E-state index < -0.39 is 5.60 Å². The van der Waals surface area contributed by atoms with Gasteiger partial charge in [0.05, 0.1) is 12.6 Å². The molecule has 1 unspecified atom stereocenters. The number of hydrogen-bond donors (Lipinski definition) is 1. The minimum absolute atomic E-state index is 0.0369. The van der Waals surface area contributed by atoms with Gasteiger partial charge in [-0.1, -0.05) is 13.3 Å². The van der Waals surface area contributed by atoms with E-state index in [1.165, 1.54) is 0 Å². The highest BCUT2D eigenvalue weighted by atomic mass is 16.6. The molecular weight excluding hydrogens is 194 g/mol. The summed E-state index contributed by atoms with van der Waals surface area (Å²) in [4.78, 5) is 11.4. The molecule has 0 aromatic heterocycles. The highest BCUT2D eigenvalue weighted by molar-refractivity contribution is 5.68. The van der Waals surface area contributed by atoms with Gasteiger partial charge in [0, 0.05) is 7.11 Å². The molecule has 0 heterocycles. The van der Waals surface area contributed by atoms with Crippen LogP contribution in [0.15, 0.2) is 0 Å². The molecule has 4 heteroatoms. The third kappa shape index (κ3) is 8.24. The maximum Gasteiger partial charge on any atom is 0.407 e. The predicted octanol–water partition coefficient (Wildman–Crippen LogP) is 2.33. The van der Waals surface area contributed by atoms with Gasteiger partial charge in [-0.2, -0.15) is 0 Å². The smallest absolute Gasteiger partial charge is 0.407 e. The van der Waals surface area contributed by atoms with Crippen molar-refractivity contribution >= 4 is 6.09 Å². The van der Waals surface area contributed by atoms with Gasteiger partial charge in [0.2, 0.25) is 0 Å². The van der Waals surface area contributed by atoms with E-state index in [1.54, 1.807) is 7.11 Å². The van der Waals surface area contributed by atoms with Gasteiger partial charge >= 0.3 is 6.09 Å². The second-order valence-electron chi connectivity index (χ2n) is 4.59. The predicted molar refractivity (Wildman–Crippen MR) is 59.9 cm³/mol. The van der Waals surface area contributed by atoms with Gasteiger partial charge in [0.1, 0.15) is 5.60 Å². The molecule has 0 aliphatic rings. The molecule has 0 bridgehead atoms. The normalized spacial score (nSPS) is 13.4. The number of nitrogens with one attached hydrogen (secondary N) is 1. The third-order valence-electron chi connectivity index (χ3n) is 1.73. The standard InChI is InChI=1S/C11H23NO3/c1-6-7-9(8-14-5)12-10(13)15-11(2,3)4/h9H,6-8H2,1-5H3,(H,12,13). The minimum atomic E-state index is -0.450. The van der Waals surface area contributed by atoms with Crippen LogP contribution in [0.3, 0.4) is 0 Å². The molecule has 1 amide bonds. The summed E-state index contributed by atoms with van der Waals surface area (Å²) in [5.41, 5.74) is -0.450. The summed E-state index contributed by atoms with van der Waals surface area (Å²) in [6, 6.07) is 0.0369. The van der Waals surface area contributed by atoms with E-state index in [0.29, 0.717) is 6.61 Å². The molecule has 0 radical (unpaired) electrons. The zero-order chi connectivity index (χ0) is 11.9. The van der Waals surface area contributed by atoms with Crippen LogP contribution in [0.4, 0.5) is 4.79 Å². The topological polar surface area (TPSA) is 47.6 Å². The summed E-state index contributed by atoms with van der Waals surface area (Å²) < 4.78 is 10.2. The van der Waals surface area contributed by atoms with Crippen LogP contribution in [0.2, 0.25) is 0 Å². The number of rotatable bonds is 5. The number of carbonyl (C=O) groups is 1. The van der Waals surface area contributed by atoms with E-state index in [-0.39, 0.29) is 12.1 Å². The van der Waals surface area contributed by atoms with Crippen molar-refractivity contribution in [3.63, 3.8) is 0 Å². The van der Waals surface area contributed by atoms with Crippen LogP contribution in [0.1, 0.15) is 40.5 Å². The van der Waals surface area contributed by atoms with Gasteiger partial charge in [-0.25, -0.2) is 4.79 Å². The molecule has 0 aromatic rings. The van der Waals surface area contributed by atoms with E-state index in [1.807, 2.05) is 20.8 Å². The summed E-state index contributed by atoms with van der Waals surface area (Å²) in [5.74, 6) is 0. The van der Waals surface area contributed by atoms with Gasteiger partial charge in [0.15, 0.2) is 0 Å². The first-order valence-electron chi connectivity index (χ1n) is 5.37. The van der Waals surface area contributed by atoms with Gasteiger partial charge in [-0.3, -0.25) is 0 Å². The lowest BCUT2D eigenvalue weighted by Crippen LogP contribution is -2.41. The van der Waals surface area contributed by atoms with E-state index in [9.17, 15) is 4.79 Å². The zero-order valence-electron chi connectivity index (χ0n) is 10.4. The Balaban J connectivity index is 3.99. The van der Waals surface area contributed by atoms with Crippen LogP contribution >= 0.6 is 0 Å². The Morgan fingerprint density at radius 2 is 2.00 bits per heavy atom. The van der Waals surface area contributed by atoms with Gasteiger partial charge in [-0.15, -0.1) is 0 Å². The fraction of sp³-hybridized carbons (Fsp3) is 0.909. The second-order valence-corrected chi connectivity index (χ2v) is 4.59. The van der Waals surface area contributed by atoms with E-state index in [0.717, 1.165) is 12.8 Å². The molecule has 0 aromatic carbocycles. The number of ether oxygens (including phenoxy) is 2. The highest BCUT2D eigenvalue weighted by Gasteiger charge is 2.18. The van der Waals surface area contributed by atoms with Crippen molar-refractivity contribution < 1.29 is 14.3 Å². The van der Waals surface area contributed by atoms with Crippen molar-refractivity contribution in [2.45, 2.75) is 52.2 Å². The maximum atomic E-state index is 11.4. The molecule has 0 aliphatic heterocycles. The number of hydrogen-bond acceptors (Lipinski definition) is 3. The summed E-state index contributed by atoms with van der Waals surface area (Å²) in [5, 5.41) is 2.79. The Labute approximate surface area is 92.3 Å². The molecule has 90 valence electrons. The minimum Gasteiger partial charge on any atom is -0.444 e. The molecular formula is C11H23NO3. The van der Waals surface area contributed by atoms with E-state index in [2.05, 4.69) is 12.2 Å². The first-order chi connectivity index (χ1) is 6.89. The molecule has 0 spiro atoms. The molecule has 0 aliphatic carbocycles. The first kappa shape index (κ1) is 14.2. The van der Waals surface area contributed by atoms with Crippen LogP contribution < -0.4 is 5.32 Å². The van der Waals surface area contributed by atoms with Gasteiger partial charge < -0.3 is 14.8 Å². The van der Waals surface area contributed by atoms with Gasteiger partial charge in [-0.05, 0) is 27.2 Å². The van der Waals surface area contributed by atoms with Crippen LogP contribution in [0.5, 0.6) is 0 Å². The zero-order valence-corrected chi connectivity index (χ0v) is 10.4. The quantitative estimate of drug-likeness (QED) is 0.768. The number of methoxy groups -OCH3 is 1. The van der Waals surface area contributed by atoms with Crippen LogP contribution in [-0.2, 0) is 9.47 Å².